The zero-order valence-corrected chi connectivity index (χ0v) is 17.5. The molecule has 4 rings (SSSR count). The third-order valence-electron chi connectivity index (χ3n) is 6.96. The first kappa shape index (κ1) is 18.8. The first-order valence-corrected chi connectivity index (χ1v) is 11.1. The molecule has 2 saturated heterocycles. The zero-order valence-electron chi connectivity index (χ0n) is 17.5. The molecule has 146 valence electrons. The maximum atomic E-state index is 2.75. The maximum Gasteiger partial charge on any atom is 0.0391 e. The van der Waals surface area contributed by atoms with Crippen molar-refractivity contribution in [2.75, 3.05) is 26.2 Å². The second kappa shape index (κ2) is 8.22. The Morgan fingerprint density at radius 1 is 1.07 bits per heavy atom. The van der Waals surface area contributed by atoms with Crippen LogP contribution in [0.4, 0.5) is 0 Å². The Morgan fingerprint density at radius 2 is 1.89 bits per heavy atom. The van der Waals surface area contributed by atoms with E-state index in [1.165, 1.54) is 75.8 Å². The van der Waals surface area contributed by atoms with E-state index >= 15 is 0 Å². The standard InChI is InChI=1S/C25H36N2/c1-4-27-24-15-17-26(16-6-5-9-21-13-11-19(2)12-14-21)18-23(24)22-10-7-8-20(3)25(22)27/h10-14,23-24H,4-9,15-18H2,1-3H3. The Hall–Kier alpha value is -1.54. The van der Waals surface area contributed by atoms with Gasteiger partial charge in [0.15, 0.2) is 0 Å². The van der Waals surface area contributed by atoms with E-state index in [2.05, 4.69) is 60.9 Å². The van der Waals surface area contributed by atoms with Gasteiger partial charge in [0, 0.05) is 37.3 Å². The number of fused-ring (bicyclic) bond motifs is 3. The number of piperidine rings is 1. The lowest BCUT2D eigenvalue weighted by Gasteiger charge is -2.38. The van der Waals surface area contributed by atoms with Crippen molar-refractivity contribution in [3.63, 3.8) is 0 Å². The van der Waals surface area contributed by atoms with E-state index in [9.17, 15) is 0 Å². The van der Waals surface area contributed by atoms with Gasteiger partial charge in [-0.05, 0) is 82.6 Å². The topological polar surface area (TPSA) is 6.48 Å². The van der Waals surface area contributed by atoms with Gasteiger partial charge in [0.2, 0.25) is 0 Å². The van der Waals surface area contributed by atoms with Gasteiger partial charge in [0.25, 0.3) is 0 Å². The molecular weight excluding hydrogens is 328 g/mol. The van der Waals surface area contributed by atoms with Crippen LogP contribution in [0.2, 0.25) is 0 Å². The van der Waals surface area contributed by atoms with E-state index < -0.39 is 0 Å². The number of likely N-dealkylation sites (N-methyl/N-ethyl adjacent to an activating group) is 1. The Morgan fingerprint density at radius 3 is 2.67 bits per heavy atom. The molecule has 1 aromatic rings. The van der Waals surface area contributed by atoms with Crippen molar-refractivity contribution in [1.29, 1.82) is 0 Å². The minimum Gasteiger partial charge on any atom is -0.368 e. The molecule has 2 fully saturated rings. The van der Waals surface area contributed by atoms with Crippen LogP contribution in [-0.2, 0) is 6.42 Å². The lowest BCUT2D eigenvalue weighted by Crippen LogP contribution is -2.46. The van der Waals surface area contributed by atoms with Crippen LogP contribution in [0.25, 0.3) is 0 Å². The van der Waals surface area contributed by atoms with Gasteiger partial charge in [-0.3, -0.25) is 0 Å². The fraction of sp³-hybridized carbons (Fsp3) is 0.600. The molecule has 2 unspecified atom stereocenters. The SMILES string of the molecule is CCN1C2=C(C)CCC=C2C2CN(CCCCc3ccc(C)cc3)CCC21. The lowest BCUT2D eigenvalue weighted by molar-refractivity contribution is 0.125. The molecule has 3 aliphatic rings. The Balaban J connectivity index is 1.31. The molecule has 2 nitrogen and oxygen atoms in total. The van der Waals surface area contributed by atoms with Gasteiger partial charge >= 0.3 is 0 Å². The normalized spacial score (nSPS) is 25.4. The first-order valence-electron chi connectivity index (χ1n) is 11.1. The van der Waals surface area contributed by atoms with E-state index in [0.29, 0.717) is 0 Å². The molecule has 0 spiro atoms. The van der Waals surface area contributed by atoms with Crippen molar-refractivity contribution in [3.05, 3.63) is 58.3 Å². The van der Waals surface area contributed by atoms with Crippen LogP contribution in [-0.4, -0.2) is 42.0 Å². The predicted molar refractivity (Wildman–Crippen MR) is 115 cm³/mol. The summed E-state index contributed by atoms with van der Waals surface area (Å²) in [7, 11) is 0. The van der Waals surface area contributed by atoms with Gasteiger partial charge < -0.3 is 9.80 Å². The second-order valence-electron chi connectivity index (χ2n) is 8.82. The van der Waals surface area contributed by atoms with Gasteiger partial charge in [0.05, 0.1) is 0 Å². The summed E-state index contributed by atoms with van der Waals surface area (Å²) >= 11 is 0. The fourth-order valence-electron chi connectivity index (χ4n) is 5.51. The van der Waals surface area contributed by atoms with Gasteiger partial charge in [-0.25, -0.2) is 0 Å². The van der Waals surface area contributed by atoms with Crippen LogP contribution < -0.4 is 0 Å². The molecule has 0 N–H and O–H groups in total. The quantitative estimate of drug-likeness (QED) is 0.629. The average molecular weight is 365 g/mol. The summed E-state index contributed by atoms with van der Waals surface area (Å²) in [4.78, 5) is 5.48. The van der Waals surface area contributed by atoms with E-state index in [4.69, 9.17) is 0 Å². The number of allylic oxidation sites excluding steroid dienone is 3. The number of unbranched alkanes of at least 4 members (excludes halogenated alkanes) is 1. The highest BCUT2D eigenvalue weighted by Gasteiger charge is 2.44. The first-order chi connectivity index (χ1) is 13.2. The third kappa shape index (κ3) is 3.87. The summed E-state index contributed by atoms with van der Waals surface area (Å²) < 4.78 is 0. The molecule has 0 aromatic heterocycles. The minimum atomic E-state index is 0.751. The molecule has 0 amide bonds. The van der Waals surface area contributed by atoms with Gasteiger partial charge in [0.1, 0.15) is 0 Å². The second-order valence-corrected chi connectivity index (χ2v) is 8.82. The van der Waals surface area contributed by atoms with Gasteiger partial charge in [-0.15, -0.1) is 0 Å². The van der Waals surface area contributed by atoms with Crippen LogP contribution in [0.5, 0.6) is 0 Å². The van der Waals surface area contributed by atoms with Crippen molar-refractivity contribution < 1.29 is 0 Å². The highest BCUT2D eigenvalue weighted by atomic mass is 15.2. The number of likely N-dealkylation sites (tertiary alicyclic amines) is 2. The number of benzene rings is 1. The Bertz CT molecular complexity index is 712. The van der Waals surface area contributed by atoms with Crippen molar-refractivity contribution in [2.45, 2.75) is 65.3 Å². The summed E-state index contributed by atoms with van der Waals surface area (Å²) in [6, 6.07) is 9.83. The van der Waals surface area contributed by atoms with Crippen LogP contribution in [0.3, 0.4) is 0 Å². The summed E-state index contributed by atoms with van der Waals surface area (Å²) in [5, 5.41) is 0. The van der Waals surface area contributed by atoms with Crippen LogP contribution in [0.1, 0.15) is 57.1 Å². The number of nitrogens with zero attached hydrogens (tertiary/aromatic N) is 2. The molecule has 1 aliphatic carbocycles. The lowest BCUT2D eigenvalue weighted by atomic mass is 9.85. The number of aryl methyl sites for hydroxylation is 2. The molecule has 2 heteroatoms. The average Bonchev–Trinajstić information content (AvgIpc) is 3.01. The number of hydrogen-bond donors (Lipinski definition) is 0. The van der Waals surface area contributed by atoms with Crippen molar-refractivity contribution in [1.82, 2.24) is 9.80 Å². The molecular formula is C25H36N2. The van der Waals surface area contributed by atoms with E-state index in [1.54, 1.807) is 16.8 Å². The Labute approximate surface area is 165 Å². The molecule has 0 bridgehead atoms. The largest absolute Gasteiger partial charge is 0.368 e. The summed E-state index contributed by atoms with van der Waals surface area (Å²) in [6.45, 7) is 11.9. The van der Waals surface area contributed by atoms with E-state index in [0.717, 1.165) is 12.0 Å². The van der Waals surface area contributed by atoms with Gasteiger partial charge in [-0.1, -0.05) is 35.9 Å². The maximum absolute atomic E-state index is 2.75. The van der Waals surface area contributed by atoms with Crippen molar-refractivity contribution >= 4 is 0 Å². The predicted octanol–water partition coefficient (Wildman–Crippen LogP) is 5.34. The highest BCUT2D eigenvalue weighted by Crippen LogP contribution is 2.45. The summed E-state index contributed by atoms with van der Waals surface area (Å²) in [5.74, 6) is 0.751. The van der Waals surface area contributed by atoms with Crippen molar-refractivity contribution in [2.24, 2.45) is 5.92 Å². The number of hydrogen-bond acceptors (Lipinski definition) is 2. The smallest absolute Gasteiger partial charge is 0.0391 e. The van der Waals surface area contributed by atoms with Crippen LogP contribution in [0.15, 0.2) is 47.2 Å². The molecule has 2 heterocycles. The molecule has 2 aliphatic heterocycles. The molecule has 2 atom stereocenters. The summed E-state index contributed by atoms with van der Waals surface area (Å²) in [5.41, 5.74) is 7.80. The molecule has 27 heavy (non-hydrogen) atoms. The fourth-order valence-corrected chi connectivity index (χ4v) is 5.51. The molecule has 0 saturated carbocycles. The minimum absolute atomic E-state index is 0.751. The third-order valence-corrected chi connectivity index (χ3v) is 6.96. The van der Waals surface area contributed by atoms with E-state index in [-0.39, 0.29) is 0 Å². The number of rotatable bonds is 6. The molecule has 1 aromatic carbocycles. The summed E-state index contributed by atoms with van der Waals surface area (Å²) in [6.07, 6.45) is 10.3. The van der Waals surface area contributed by atoms with Crippen molar-refractivity contribution in [3.8, 4) is 0 Å². The van der Waals surface area contributed by atoms with Crippen LogP contribution in [0, 0.1) is 12.8 Å². The van der Waals surface area contributed by atoms with Gasteiger partial charge in [-0.2, -0.15) is 0 Å². The monoisotopic (exact) mass is 364 g/mol. The van der Waals surface area contributed by atoms with E-state index in [1.807, 2.05) is 0 Å². The molecule has 0 radical (unpaired) electrons. The Kier molecular flexibility index (Phi) is 5.73. The zero-order chi connectivity index (χ0) is 18.8. The highest BCUT2D eigenvalue weighted by molar-refractivity contribution is 5.44. The van der Waals surface area contributed by atoms with Crippen LogP contribution >= 0.6 is 0 Å².